The van der Waals surface area contributed by atoms with Crippen molar-refractivity contribution >= 4 is 17.3 Å². The molecule has 0 aliphatic rings. The Hall–Kier alpha value is -2.70. The summed E-state index contributed by atoms with van der Waals surface area (Å²) in [6, 6.07) is 4.44. The zero-order valence-electron chi connectivity index (χ0n) is 10.5. The van der Waals surface area contributed by atoms with Crippen LogP contribution in [-0.4, -0.2) is 20.6 Å². The molecule has 0 aliphatic carbocycles. The molecule has 0 radical (unpaired) electrons. The van der Waals surface area contributed by atoms with Crippen molar-refractivity contribution in [1.29, 1.82) is 0 Å². The third kappa shape index (κ3) is 2.95. The summed E-state index contributed by atoms with van der Waals surface area (Å²) < 4.78 is 1.60. The van der Waals surface area contributed by atoms with Crippen LogP contribution in [-0.2, 0) is 11.8 Å². The Morgan fingerprint density at radius 3 is 2.63 bits per heavy atom. The highest BCUT2D eigenvalue weighted by molar-refractivity contribution is 5.90. The van der Waals surface area contributed by atoms with E-state index in [0.29, 0.717) is 11.3 Å². The predicted molar refractivity (Wildman–Crippen MR) is 69.6 cm³/mol. The summed E-state index contributed by atoms with van der Waals surface area (Å²) in [5.74, 6) is -0.280. The number of carbonyl (C=O) groups is 1. The molecule has 1 N–H and O–H groups in total. The predicted octanol–water partition coefficient (Wildman–Crippen LogP) is 1.95. The van der Waals surface area contributed by atoms with Crippen molar-refractivity contribution in [2.24, 2.45) is 7.05 Å². The number of nitrogens with zero attached hydrogens (tertiary/aromatic N) is 3. The molecule has 1 heterocycles. The first-order chi connectivity index (χ1) is 8.95. The topological polar surface area (TPSA) is 90.1 Å². The molecule has 0 fully saturated rings. The first kappa shape index (κ1) is 12.7. The van der Waals surface area contributed by atoms with Gasteiger partial charge >= 0.3 is 0 Å². The van der Waals surface area contributed by atoms with Crippen LogP contribution in [0.3, 0.4) is 0 Å². The highest BCUT2D eigenvalue weighted by Gasteiger charge is 2.12. The second-order valence-electron chi connectivity index (χ2n) is 4.11. The fraction of sp³-hybridized carbons (Fsp3) is 0.167. The van der Waals surface area contributed by atoms with E-state index < -0.39 is 4.92 Å². The van der Waals surface area contributed by atoms with Gasteiger partial charge < -0.3 is 5.32 Å². The Balaban J connectivity index is 2.50. The van der Waals surface area contributed by atoms with Gasteiger partial charge in [0, 0.05) is 43.6 Å². The summed E-state index contributed by atoms with van der Waals surface area (Å²) in [5.41, 5.74) is 1.69. The lowest BCUT2D eigenvalue weighted by molar-refractivity contribution is -0.384. The Labute approximate surface area is 109 Å². The van der Waals surface area contributed by atoms with Crippen LogP contribution >= 0.6 is 0 Å². The lowest BCUT2D eigenvalue weighted by atomic mass is 10.1. The minimum Gasteiger partial charge on any atom is -0.326 e. The molecule has 2 aromatic rings. The third-order valence-corrected chi connectivity index (χ3v) is 2.49. The highest BCUT2D eigenvalue weighted by atomic mass is 16.6. The van der Waals surface area contributed by atoms with Crippen molar-refractivity contribution in [3.05, 3.63) is 40.7 Å². The number of nitro benzene ring substituents is 1. The van der Waals surface area contributed by atoms with Crippen molar-refractivity contribution in [3.63, 3.8) is 0 Å². The van der Waals surface area contributed by atoms with Gasteiger partial charge in [0.25, 0.3) is 5.69 Å². The van der Waals surface area contributed by atoms with Crippen molar-refractivity contribution < 1.29 is 9.72 Å². The van der Waals surface area contributed by atoms with Gasteiger partial charge in [-0.25, -0.2) is 0 Å². The van der Waals surface area contributed by atoms with Crippen molar-refractivity contribution in [2.75, 3.05) is 5.32 Å². The summed E-state index contributed by atoms with van der Waals surface area (Å²) in [4.78, 5) is 21.5. The average molecular weight is 260 g/mol. The number of carbonyl (C=O) groups excluding carboxylic acids is 1. The second-order valence-corrected chi connectivity index (χ2v) is 4.11. The number of nitro groups is 1. The van der Waals surface area contributed by atoms with Crippen LogP contribution in [0.25, 0.3) is 11.1 Å². The fourth-order valence-electron chi connectivity index (χ4n) is 1.73. The van der Waals surface area contributed by atoms with Crippen LogP contribution in [0, 0.1) is 10.1 Å². The first-order valence-electron chi connectivity index (χ1n) is 5.52. The summed E-state index contributed by atoms with van der Waals surface area (Å²) in [6.07, 6.45) is 3.35. The summed E-state index contributed by atoms with van der Waals surface area (Å²) >= 11 is 0. The number of amides is 1. The van der Waals surface area contributed by atoms with Crippen molar-refractivity contribution in [2.45, 2.75) is 6.92 Å². The molecule has 1 amide bonds. The average Bonchev–Trinajstić information content (AvgIpc) is 2.74. The number of hydrogen-bond acceptors (Lipinski definition) is 4. The summed E-state index contributed by atoms with van der Waals surface area (Å²) in [6.45, 7) is 1.35. The van der Waals surface area contributed by atoms with Gasteiger partial charge in [-0.05, 0) is 11.6 Å². The largest absolute Gasteiger partial charge is 0.326 e. The zero-order chi connectivity index (χ0) is 14.0. The summed E-state index contributed by atoms with van der Waals surface area (Å²) in [5, 5.41) is 17.5. The quantitative estimate of drug-likeness (QED) is 0.674. The maximum atomic E-state index is 11.0. The van der Waals surface area contributed by atoms with E-state index in [9.17, 15) is 14.9 Å². The van der Waals surface area contributed by atoms with Gasteiger partial charge in [-0.15, -0.1) is 0 Å². The molecule has 0 atom stereocenters. The lowest BCUT2D eigenvalue weighted by Gasteiger charge is -2.05. The van der Waals surface area contributed by atoms with Gasteiger partial charge in [0.15, 0.2) is 0 Å². The molecule has 19 heavy (non-hydrogen) atoms. The van der Waals surface area contributed by atoms with Crippen LogP contribution in [0.5, 0.6) is 0 Å². The van der Waals surface area contributed by atoms with E-state index in [-0.39, 0.29) is 11.6 Å². The van der Waals surface area contributed by atoms with Gasteiger partial charge in [0.1, 0.15) is 0 Å². The van der Waals surface area contributed by atoms with Crippen LogP contribution in [0.1, 0.15) is 6.92 Å². The molecule has 0 unspecified atom stereocenters. The molecule has 2 rings (SSSR count). The maximum absolute atomic E-state index is 11.0. The van der Waals surface area contributed by atoms with E-state index in [1.54, 1.807) is 30.2 Å². The molecule has 7 heteroatoms. The lowest BCUT2D eigenvalue weighted by Crippen LogP contribution is -2.06. The number of rotatable bonds is 3. The Bertz CT molecular complexity index is 648. The molecule has 98 valence electrons. The molecule has 0 bridgehead atoms. The van der Waals surface area contributed by atoms with Crippen LogP contribution in [0.2, 0.25) is 0 Å². The van der Waals surface area contributed by atoms with Gasteiger partial charge in [-0.2, -0.15) is 5.10 Å². The number of hydrogen-bond donors (Lipinski definition) is 1. The number of aryl methyl sites for hydroxylation is 1. The van der Waals surface area contributed by atoms with E-state index in [1.165, 1.54) is 19.1 Å². The first-order valence-corrected chi connectivity index (χ1v) is 5.52. The number of nitrogens with one attached hydrogen (secondary N) is 1. The minimum absolute atomic E-state index is 0.0786. The maximum Gasteiger partial charge on any atom is 0.272 e. The molecular formula is C12H12N4O3. The third-order valence-electron chi connectivity index (χ3n) is 2.49. The van der Waals surface area contributed by atoms with E-state index in [2.05, 4.69) is 10.4 Å². The SMILES string of the molecule is CC(=O)Nc1cc(-c2cnn(C)c2)cc([N+](=O)[O-])c1. The second kappa shape index (κ2) is 4.89. The van der Waals surface area contributed by atoms with Crippen molar-refractivity contribution in [1.82, 2.24) is 9.78 Å². The standard InChI is InChI=1S/C12H12N4O3/c1-8(17)14-11-3-9(4-12(5-11)16(18)19)10-6-13-15(2)7-10/h3-7H,1-2H3,(H,14,17). The fourth-order valence-corrected chi connectivity index (χ4v) is 1.73. The molecule has 1 aromatic heterocycles. The molecule has 0 saturated heterocycles. The summed E-state index contributed by atoms with van der Waals surface area (Å²) in [7, 11) is 1.76. The number of benzene rings is 1. The normalized spacial score (nSPS) is 10.2. The van der Waals surface area contributed by atoms with E-state index in [4.69, 9.17) is 0 Å². The van der Waals surface area contributed by atoms with Gasteiger partial charge in [-0.1, -0.05) is 0 Å². The number of non-ortho nitro benzene ring substituents is 1. The minimum atomic E-state index is -0.495. The van der Waals surface area contributed by atoms with Gasteiger partial charge in [0.05, 0.1) is 11.1 Å². The van der Waals surface area contributed by atoms with Crippen LogP contribution in [0.4, 0.5) is 11.4 Å². The Morgan fingerprint density at radius 1 is 1.37 bits per heavy atom. The van der Waals surface area contributed by atoms with Crippen molar-refractivity contribution in [3.8, 4) is 11.1 Å². The number of anilines is 1. The van der Waals surface area contributed by atoms with E-state index in [0.717, 1.165) is 5.56 Å². The smallest absolute Gasteiger partial charge is 0.272 e. The molecule has 1 aromatic carbocycles. The molecule has 7 nitrogen and oxygen atoms in total. The highest BCUT2D eigenvalue weighted by Crippen LogP contribution is 2.28. The zero-order valence-corrected chi connectivity index (χ0v) is 10.5. The molecule has 0 saturated carbocycles. The molecule has 0 aliphatic heterocycles. The van der Waals surface area contributed by atoms with Crippen LogP contribution in [0.15, 0.2) is 30.6 Å². The Kier molecular flexibility index (Phi) is 3.28. The van der Waals surface area contributed by atoms with Gasteiger partial charge in [0.2, 0.25) is 5.91 Å². The monoisotopic (exact) mass is 260 g/mol. The van der Waals surface area contributed by atoms with Crippen LogP contribution < -0.4 is 5.32 Å². The molecule has 0 spiro atoms. The van der Waals surface area contributed by atoms with Gasteiger partial charge in [-0.3, -0.25) is 19.6 Å². The molecular weight excluding hydrogens is 248 g/mol. The van der Waals surface area contributed by atoms with E-state index >= 15 is 0 Å². The Morgan fingerprint density at radius 2 is 2.11 bits per heavy atom. The number of aromatic nitrogens is 2. The van der Waals surface area contributed by atoms with E-state index in [1.807, 2.05) is 0 Å².